The summed E-state index contributed by atoms with van der Waals surface area (Å²) in [4.78, 5) is 0. The maximum Gasteiger partial charge on any atom is 0.0579 e. The van der Waals surface area contributed by atoms with Gasteiger partial charge >= 0.3 is 0 Å². The van der Waals surface area contributed by atoms with Crippen molar-refractivity contribution in [3.05, 3.63) is 70.3 Å². The van der Waals surface area contributed by atoms with Crippen LogP contribution in [-0.2, 0) is 5.41 Å². The number of rotatable bonds is 3. The van der Waals surface area contributed by atoms with E-state index < -0.39 is 0 Å². The lowest BCUT2D eigenvalue weighted by Crippen LogP contribution is -2.24. The molecule has 0 aliphatic carbocycles. The maximum atomic E-state index is 3.52. The molecule has 0 aliphatic rings. The van der Waals surface area contributed by atoms with Crippen LogP contribution in [0.4, 0.5) is 0 Å². The zero-order chi connectivity index (χ0) is 15.6. The van der Waals surface area contributed by atoms with E-state index in [0.717, 1.165) is 0 Å². The van der Waals surface area contributed by atoms with Crippen molar-refractivity contribution >= 4 is 0 Å². The summed E-state index contributed by atoms with van der Waals surface area (Å²) in [7, 11) is 2.05. The van der Waals surface area contributed by atoms with Crippen LogP contribution >= 0.6 is 0 Å². The van der Waals surface area contributed by atoms with Gasteiger partial charge in [0, 0.05) is 0 Å². The third-order valence-corrected chi connectivity index (χ3v) is 4.11. The highest BCUT2D eigenvalue weighted by atomic mass is 14.9. The average Bonchev–Trinajstić information content (AvgIpc) is 2.43. The molecule has 0 saturated carbocycles. The van der Waals surface area contributed by atoms with Crippen molar-refractivity contribution in [2.75, 3.05) is 7.05 Å². The lowest BCUT2D eigenvalue weighted by Gasteiger charge is -2.28. The van der Waals surface area contributed by atoms with E-state index >= 15 is 0 Å². The molecule has 1 N–H and O–H groups in total. The number of aryl methyl sites for hydroxylation is 2. The van der Waals surface area contributed by atoms with Gasteiger partial charge in [-0.25, -0.2) is 0 Å². The Bertz CT molecular complexity index is 620. The van der Waals surface area contributed by atoms with Crippen molar-refractivity contribution < 1.29 is 0 Å². The van der Waals surface area contributed by atoms with Crippen LogP contribution in [0.25, 0.3) is 0 Å². The van der Waals surface area contributed by atoms with Crippen LogP contribution in [-0.4, -0.2) is 7.05 Å². The first-order chi connectivity index (χ1) is 9.84. The highest BCUT2D eigenvalue weighted by Gasteiger charge is 2.23. The lowest BCUT2D eigenvalue weighted by atomic mass is 9.80. The summed E-state index contributed by atoms with van der Waals surface area (Å²) in [6, 6.07) is 15.7. The predicted molar refractivity (Wildman–Crippen MR) is 92.0 cm³/mol. The van der Waals surface area contributed by atoms with Crippen molar-refractivity contribution in [2.45, 2.75) is 46.1 Å². The van der Waals surface area contributed by atoms with Crippen LogP contribution in [0.1, 0.15) is 54.6 Å². The SMILES string of the molecule is CNC(c1cc(C)ccc1C)c1ccccc1C(C)(C)C. The maximum absolute atomic E-state index is 3.52. The zero-order valence-electron chi connectivity index (χ0n) is 14.1. The van der Waals surface area contributed by atoms with Gasteiger partial charge in [0.15, 0.2) is 0 Å². The zero-order valence-corrected chi connectivity index (χ0v) is 14.1. The smallest absolute Gasteiger partial charge is 0.0579 e. The molecule has 1 heteroatoms. The van der Waals surface area contributed by atoms with Gasteiger partial charge < -0.3 is 5.32 Å². The fourth-order valence-corrected chi connectivity index (χ4v) is 2.98. The van der Waals surface area contributed by atoms with E-state index in [1.807, 2.05) is 7.05 Å². The molecule has 2 rings (SSSR count). The summed E-state index contributed by atoms with van der Waals surface area (Å²) in [6.45, 7) is 11.2. The molecule has 1 nitrogen and oxygen atoms in total. The molecule has 0 amide bonds. The minimum absolute atomic E-state index is 0.142. The molecule has 0 spiro atoms. The highest BCUT2D eigenvalue weighted by Crippen LogP contribution is 2.33. The summed E-state index contributed by atoms with van der Waals surface area (Å²) in [5.74, 6) is 0. The van der Waals surface area contributed by atoms with Gasteiger partial charge in [-0.05, 0) is 48.6 Å². The Labute approximate surface area is 129 Å². The van der Waals surface area contributed by atoms with Crippen LogP contribution in [0.15, 0.2) is 42.5 Å². The minimum atomic E-state index is 0.142. The van der Waals surface area contributed by atoms with Crippen molar-refractivity contribution in [3.8, 4) is 0 Å². The van der Waals surface area contributed by atoms with Gasteiger partial charge in [0.1, 0.15) is 0 Å². The third-order valence-electron chi connectivity index (χ3n) is 4.11. The van der Waals surface area contributed by atoms with Crippen molar-refractivity contribution in [2.24, 2.45) is 0 Å². The van der Waals surface area contributed by atoms with Gasteiger partial charge in [-0.2, -0.15) is 0 Å². The molecular weight excluding hydrogens is 254 g/mol. The monoisotopic (exact) mass is 281 g/mol. The second-order valence-corrected chi connectivity index (χ2v) is 6.92. The topological polar surface area (TPSA) is 12.0 Å². The molecule has 0 fully saturated rings. The van der Waals surface area contributed by atoms with Crippen molar-refractivity contribution in [3.63, 3.8) is 0 Å². The highest BCUT2D eigenvalue weighted by molar-refractivity contribution is 5.44. The Balaban J connectivity index is 2.60. The molecule has 2 aromatic carbocycles. The van der Waals surface area contributed by atoms with Crippen LogP contribution in [0.2, 0.25) is 0 Å². The van der Waals surface area contributed by atoms with E-state index in [4.69, 9.17) is 0 Å². The van der Waals surface area contributed by atoms with E-state index in [1.165, 1.54) is 27.8 Å². The van der Waals surface area contributed by atoms with Gasteiger partial charge in [-0.3, -0.25) is 0 Å². The largest absolute Gasteiger partial charge is 0.309 e. The third kappa shape index (κ3) is 3.36. The number of hydrogen-bond acceptors (Lipinski definition) is 1. The molecular formula is C20H27N. The molecule has 0 aromatic heterocycles. The van der Waals surface area contributed by atoms with Gasteiger partial charge in [0.2, 0.25) is 0 Å². The first kappa shape index (κ1) is 15.8. The fraction of sp³-hybridized carbons (Fsp3) is 0.400. The van der Waals surface area contributed by atoms with E-state index in [0.29, 0.717) is 0 Å². The molecule has 21 heavy (non-hydrogen) atoms. The summed E-state index contributed by atoms with van der Waals surface area (Å²) in [5.41, 5.74) is 6.94. The Morgan fingerprint density at radius 3 is 2.19 bits per heavy atom. The molecule has 1 atom stereocenters. The van der Waals surface area contributed by atoms with Gasteiger partial charge in [0.25, 0.3) is 0 Å². The van der Waals surface area contributed by atoms with Crippen LogP contribution in [0.3, 0.4) is 0 Å². The van der Waals surface area contributed by atoms with E-state index in [-0.39, 0.29) is 11.5 Å². The summed E-state index contributed by atoms with van der Waals surface area (Å²) in [6.07, 6.45) is 0. The molecule has 0 heterocycles. The Kier molecular flexibility index (Phi) is 4.53. The quantitative estimate of drug-likeness (QED) is 0.843. The molecule has 1 unspecified atom stereocenters. The lowest BCUT2D eigenvalue weighted by molar-refractivity contribution is 0.566. The summed E-state index contributed by atoms with van der Waals surface area (Å²) in [5, 5.41) is 3.52. The van der Waals surface area contributed by atoms with Gasteiger partial charge in [-0.1, -0.05) is 68.8 Å². The van der Waals surface area contributed by atoms with Gasteiger partial charge in [0.05, 0.1) is 6.04 Å². The molecule has 0 saturated heterocycles. The first-order valence-electron chi connectivity index (χ1n) is 7.68. The standard InChI is InChI=1S/C20H27N/c1-14-11-12-15(2)17(13-14)19(21-6)16-9-7-8-10-18(16)20(3,4)5/h7-13,19,21H,1-6H3. The second kappa shape index (κ2) is 6.03. The Morgan fingerprint density at radius 1 is 0.905 bits per heavy atom. The minimum Gasteiger partial charge on any atom is -0.309 e. The van der Waals surface area contributed by atoms with Crippen LogP contribution in [0, 0.1) is 13.8 Å². The molecule has 112 valence electrons. The van der Waals surface area contributed by atoms with Crippen molar-refractivity contribution in [1.82, 2.24) is 5.32 Å². The molecule has 0 aliphatic heterocycles. The number of benzene rings is 2. The molecule has 0 bridgehead atoms. The van der Waals surface area contributed by atoms with Crippen LogP contribution in [0.5, 0.6) is 0 Å². The average molecular weight is 281 g/mol. The predicted octanol–water partition coefficient (Wildman–Crippen LogP) is 4.91. The van der Waals surface area contributed by atoms with Crippen molar-refractivity contribution in [1.29, 1.82) is 0 Å². The second-order valence-electron chi connectivity index (χ2n) is 6.92. The van der Waals surface area contributed by atoms with E-state index in [1.54, 1.807) is 0 Å². The molecule has 2 aromatic rings. The Morgan fingerprint density at radius 2 is 1.57 bits per heavy atom. The molecule has 0 radical (unpaired) electrons. The number of hydrogen-bond donors (Lipinski definition) is 1. The fourth-order valence-electron chi connectivity index (χ4n) is 2.98. The number of nitrogens with one attached hydrogen (secondary N) is 1. The normalized spacial score (nSPS) is 13.2. The summed E-state index contributed by atoms with van der Waals surface area (Å²) < 4.78 is 0. The van der Waals surface area contributed by atoms with Crippen LogP contribution < -0.4 is 5.32 Å². The summed E-state index contributed by atoms with van der Waals surface area (Å²) >= 11 is 0. The van der Waals surface area contributed by atoms with E-state index in [2.05, 4.69) is 82.4 Å². The van der Waals surface area contributed by atoms with E-state index in [9.17, 15) is 0 Å². The van der Waals surface area contributed by atoms with Gasteiger partial charge in [-0.15, -0.1) is 0 Å². The first-order valence-corrected chi connectivity index (χ1v) is 7.68. The Hall–Kier alpha value is -1.60.